The van der Waals surface area contributed by atoms with Crippen molar-refractivity contribution in [2.45, 2.75) is 33.1 Å². The van der Waals surface area contributed by atoms with E-state index in [2.05, 4.69) is 20.9 Å². The number of nitrogens with one attached hydrogen (secondary N) is 4. The number of aromatic nitrogens is 1. The first kappa shape index (κ1) is 24.8. The Balaban J connectivity index is 0.000000837. The number of anilines is 1. The highest BCUT2D eigenvalue weighted by Crippen LogP contribution is 2.34. The van der Waals surface area contributed by atoms with E-state index in [0.717, 1.165) is 24.8 Å². The lowest BCUT2D eigenvalue weighted by atomic mass is 10.0. The zero-order chi connectivity index (χ0) is 23.7. The van der Waals surface area contributed by atoms with Crippen LogP contribution in [-0.4, -0.2) is 48.5 Å². The number of benzene rings is 1. The lowest BCUT2D eigenvalue weighted by Gasteiger charge is -2.06. The number of aliphatic hydroxyl groups excluding tert-OH is 1. The SMILES string of the molecule is CNC=O.Cc1[nH]c(/C=C2\C(=O)Nc3ccc(F)cc32)c(C)c1C(=O)NCCCCCO. The number of unbranched alkanes of at least 4 members (excludes halogenated alkanes) is 2. The summed E-state index contributed by atoms with van der Waals surface area (Å²) in [6.45, 7) is 4.31. The van der Waals surface area contributed by atoms with Gasteiger partial charge in [-0.15, -0.1) is 0 Å². The number of amides is 3. The van der Waals surface area contributed by atoms with E-state index in [9.17, 15) is 14.0 Å². The van der Waals surface area contributed by atoms with Crippen LogP contribution in [0, 0.1) is 19.7 Å². The molecule has 0 aliphatic carbocycles. The van der Waals surface area contributed by atoms with Crippen LogP contribution in [0.2, 0.25) is 0 Å². The van der Waals surface area contributed by atoms with E-state index in [1.165, 1.54) is 18.2 Å². The summed E-state index contributed by atoms with van der Waals surface area (Å²) in [5.74, 6) is -0.897. The second-order valence-electron chi connectivity index (χ2n) is 7.31. The van der Waals surface area contributed by atoms with Gasteiger partial charge >= 0.3 is 0 Å². The number of halogens is 1. The first-order chi connectivity index (χ1) is 15.3. The van der Waals surface area contributed by atoms with Crippen LogP contribution in [0.5, 0.6) is 0 Å². The lowest BCUT2D eigenvalue weighted by Crippen LogP contribution is -2.25. The van der Waals surface area contributed by atoms with Gasteiger partial charge in [-0.3, -0.25) is 14.4 Å². The maximum absolute atomic E-state index is 13.6. The number of carbonyl (C=O) groups is 3. The van der Waals surface area contributed by atoms with Crippen molar-refractivity contribution in [3.05, 3.63) is 52.1 Å². The Morgan fingerprint density at radius 3 is 2.59 bits per heavy atom. The Kier molecular flexibility index (Phi) is 9.15. The minimum atomic E-state index is -0.415. The average Bonchev–Trinajstić information content (AvgIpc) is 3.23. The topological polar surface area (TPSA) is 123 Å². The van der Waals surface area contributed by atoms with Crippen LogP contribution in [0.4, 0.5) is 10.1 Å². The van der Waals surface area contributed by atoms with Gasteiger partial charge in [-0.05, 0) is 62.9 Å². The van der Waals surface area contributed by atoms with Gasteiger partial charge in [0, 0.05) is 42.8 Å². The molecule has 0 spiro atoms. The number of aromatic amines is 1. The van der Waals surface area contributed by atoms with Crippen LogP contribution in [0.3, 0.4) is 0 Å². The summed E-state index contributed by atoms with van der Waals surface area (Å²) in [6, 6.07) is 4.16. The summed E-state index contributed by atoms with van der Waals surface area (Å²) >= 11 is 0. The Morgan fingerprint density at radius 2 is 1.94 bits per heavy atom. The van der Waals surface area contributed by atoms with Crippen LogP contribution in [0.15, 0.2) is 18.2 Å². The number of hydrogen-bond acceptors (Lipinski definition) is 4. The molecule has 1 aromatic heterocycles. The molecule has 0 atom stereocenters. The number of carbonyl (C=O) groups excluding carboxylic acids is 3. The van der Waals surface area contributed by atoms with Crippen LogP contribution in [-0.2, 0) is 9.59 Å². The lowest BCUT2D eigenvalue weighted by molar-refractivity contribution is -0.111. The minimum Gasteiger partial charge on any atom is -0.396 e. The van der Waals surface area contributed by atoms with Crippen molar-refractivity contribution in [2.75, 3.05) is 25.5 Å². The highest BCUT2D eigenvalue weighted by atomic mass is 19.1. The van der Waals surface area contributed by atoms with Crippen molar-refractivity contribution in [1.82, 2.24) is 15.6 Å². The number of rotatable bonds is 8. The molecule has 0 saturated heterocycles. The second-order valence-corrected chi connectivity index (χ2v) is 7.31. The van der Waals surface area contributed by atoms with Crippen LogP contribution in [0.25, 0.3) is 11.6 Å². The van der Waals surface area contributed by atoms with Crippen LogP contribution < -0.4 is 16.0 Å². The number of fused-ring (bicyclic) bond motifs is 1. The molecule has 9 heteroatoms. The van der Waals surface area contributed by atoms with Gasteiger partial charge in [0.1, 0.15) is 5.82 Å². The summed E-state index contributed by atoms with van der Waals surface area (Å²) in [5.41, 5.74) is 4.06. The third kappa shape index (κ3) is 6.04. The Labute approximate surface area is 186 Å². The summed E-state index contributed by atoms with van der Waals surface area (Å²) in [6.07, 6.45) is 4.65. The molecule has 8 nitrogen and oxygen atoms in total. The maximum Gasteiger partial charge on any atom is 0.256 e. The van der Waals surface area contributed by atoms with Gasteiger partial charge in [0.05, 0.1) is 11.1 Å². The largest absolute Gasteiger partial charge is 0.396 e. The van der Waals surface area contributed by atoms with Gasteiger partial charge < -0.3 is 26.0 Å². The highest BCUT2D eigenvalue weighted by molar-refractivity contribution is 6.34. The van der Waals surface area contributed by atoms with Gasteiger partial charge in [-0.1, -0.05) is 0 Å². The fourth-order valence-corrected chi connectivity index (χ4v) is 3.41. The smallest absolute Gasteiger partial charge is 0.256 e. The normalized spacial score (nSPS) is 13.2. The molecule has 3 rings (SSSR count). The van der Waals surface area contributed by atoms with E-state index < -0.39 is 5.82 Å². The molecule has 0 saturated carbocycles. The molecule has 2 aromatic rings. The van der Waals surface area contributed by atoms with E-state index >= 15 is 0 Å². The Morgan fingerprint density at radius 1 is 1.22 bits per heavy atom. The summed E-state index contributed by atoms with van der Waals surface area (Å²) < 4.78 is 13.6. The summed E-state index contributed by atoms with van der Waals surface area (Å²) in [5, 5.41) is 16.7. The summed E-state index contributed by atoms with van der Waals surface area (Å²) in [7, 11) is 1.56. The summed E-state index contributed by atoms with van der Waals surface area (Å²) in [4.78, 5) is 37.1. The zero-order valence-electron chi connectivity index (χ0n) is 18.5. The van der Waals surface area contributed by atoms with E-state index in [4.69, 9.17) is 9.90 Å². The van der Waals surface area contributed by atoms with Crippen molar-refractivity contribution in [3.8, 4) is 0 Å². The molecule has 0 unspecified atom stereocenters. The molecular formula is C23H29FN4O4. The second kappa shape index (κ2) is 11.8. The predicted molar refractivity (Wildman–Crippen MR) is 122 cm³/mol. The molecule has 1 aromatic carbocycles. The van der Waals surface area contributed by atoms with Crippen LogP contribution >= 0.6 is 0 Å². The monoisotopic (exact) mass is 444 g/mol. The number of hydrogen-bond donors (Lipinski definition) is 5. The van der Waals surface area contributed by atoms with E-state index in [0.29, 0.717) is 46.7 Å². The van der Waals surface area contributed by atoms with Crippen molar-refractivity contribution >= 4 is 35.6 Å². The van der Waals surface area contributed by atoms with Crippen LogP contribution in [0.1, 0.15) is 52.1 Å². The molecule has 1 aliphatic heterocycles. The van der Waals surface area contributed by atoms with Gasteiger partial charge in [-0.25, -0.2) is 4.39 Å². The van der Waals surface area contributed by atoms with Gasteiger partial charge in [0.2, 0.25) is 6.41 Å². The standard InChI is InChI=1S/C21H24FN3O3.C2H5NO/c1-12-18(11-16-15-10-14(22)6-7-17(15)25-20(16)27)24-13(2)19(12)21(28)23-8-4-3-5-9-26;1-3-2-4/h6-7,10-11,24,26H,3-5,8-9H2,1-2H3,(H,23,28)(H,25,27);2H,1H3,(H,3,4)/b16-11-;. The number of H-pyrrole nitrogens is 1. The first-order valence-electron chi connectivity index (χ1n) is 10.4. The molecule has 0 bridgehead atoms. The van der Waals surface area contributed by atoms with E-state index in [-0.39, 0.29) is 18.4 Å². The van der Waals surface area contributed by atoms with Crippen molar-refractivity contribution in [2.24, 2.45) is 0 Å². The highest BCUT2D eigenvalue weighted by Gasteiger charge is 2.26. The third-order valence-electron chi connectivity index (χ3n) is 4.99. The average molecular weight is 445 g/mol. The molecule has 1 aliphatic rings. The molecule has 3 amide bonds. The third-order valence-corrected chi connectivity index (χ3v) is 4.99. The molecule has 172 valence electrons. The van der Waals surface area contributed by atoms with Gasteiger partial charge in [0.25, 0.3) is 11.8 Å². The quantitative estimate of drug-likeness (QED) is 0.244. The number of aryl methyl sites for hydroxylation is 1. The molecule has 0 radical (unpaired) electrons. The minimum absolute atomic E-state index is 0.155. The Hall–Kier alpha value is -3.46. The first-order valence-corrected chi connectivity index (χ1v) is 10.4. The Bertz CT molecular complexity index is 1010. The van der Waals surface area contributed by atoms with Gasteiger partial charge in [-0.2, -0.15) is 0 Å². The van der Waals surface area contributed by atoms with Crippen molar-refractivity contribution in [3.63, 3.8) is 0 Å². The van der Waals surface area contributed by atoms with E-state index in [1.54, 1.807) is 20.0 Å². The fraction of sp³-hybridized carbons (Fsp3) is 0.348. The van der Waals surface area contributed by atoms with Crippen molar-refractivity contribution in [1.29, 1.82) is 0 Å². The molecule has 5 N–H and O–H groups in total. The molecule has 2 heterocycles. The van der Waals surface area contributed by atoms with Gasteiger partial charge in [0.15, 0.2) is 0 Å². The van der Waals surface area contributed by atoms with E-state index in [1.807, 2.05) is 6.92 Å². The maximum atomic E-state index is 13.6. The predicted octanol–water partition coefficient (Wildman–Crippen LogP) is 2.52. The fourth-order valence-electron chi connectivity index (χ4n) is 3.41. The van der Waals surface area contributed by atoms with Crippen molar-refractivity contribution < 1.29 is 23.9 Å². The zero-order valence-corrected chi connectivity index (χ0v) is 18.5. The molecular weight excluding hydrogens is 415 g/mol. The molecule has 32 heavy (non-hydrogen) atoms. The number of aliphatic hydroxyl groups is 1. The molecule has 0 fully saturated rings.